The number of amides is 2. The Balaban J connectivity index is 1.35. The zero-order valence-corrected chi connectivity index (χ0v) is 17.7. The van der Waals surface area contributed by atoms with E-state index in [4.69, 9.17) is 4.74 Å². The molecular formula is C21H28N4O3S. The van der Waals surface area contributed by atoms with Crippen molar-refractivity contribution >= 4 is 29.0 Å². The standard InChI is InChI=1S/C21H28N4O3S/c1-15-13-25(14-16(2)28-15)19-8-7-17(11-23-19)12-24-20(26)6-3-9-22-21(27)18-5-4-10-29-18/h4-5,7-8,10-11,15-16H,3,6,9,12-14H2,1-2H3,(H,22,27)(H,24,26). The third-order valence-corrected chi connectivity index (χ3v) is 5.52. The van der Waals surface area contributed by atoms with E-state index in [0.717, 1.165) is 24.5 Å². The smallest absolute Gasteiger partial charge is 0.261 e. The highest BCUT2D eigenvalue weighted by Gasteiger charge is 2.22. The van der Waals surface area contributed by atoms with E-state index >= 15 is 0 Å². The largest absolute Gasteiger partial charge is 0.372 e. The number of anilines is 1. The van der Waals surface area contributed by atoms with Gasteiger partial charge in [-0.15, -0.1) is 11.3 Å². The van der Waals surface area contributed by atoms with Crippen LogP contribution in [-0.2, 0) is 16.1 Å². The first-order valence-corrected chi connectivity index (χ1v) is 10.8. The average Bonchev–Trinajstić information content (AvgIpc) is 3.24. The summed E-state index contributed by atoms with van der Waals surface area (Å²) in [4.78, 5) is 31.3. The Bertz CT molecular complexity index is 785. The fraction of sp³-hybridized carbons (Fsp3) is 0.476. The monoisotopic (exact) mass is 416 g/mol. The molecule has 8 heteroatoms. The number of ether oxygens (including phenoxy) is 1. The van der Waals surface area contributed by atoms with Crippen LogP contribution in [0, 0.1) is 0 Å². The van der Waals surface area contributed by atoms with Crippen LogP contribution in [0.4, 0.5) is 5.82 Å². The number of morpholine rings is 1. The van der Waals surface area contributed by atoms with E-state index in [1.165, 1.54) is 11.3 Å². The Labute approximate surface area is 175 Å². The lowest BCUT2D eigenvalue weighted by Gasteiger charge is -2.36. The second-order valence-corrected chi connectivity index (χ2v) is 8.25. The maximum atomic E-state index is 12.0. The van der Waals surface area contributed by atoms with Crippen LogP contribution in [0.3, 0.4) is 0 Å². The minimum Gasteiger partial charge on any atom is -0.372 e. The Morgan fingerprint density at radius 3 is 2.66 bits per heavy atom. The highest BCUT2D eigenvalue weighted by molar-refractivity contribution is 7.12. The Kier molecular flexibility index (Phi) is 7.60. The molecule has 3 heterocycles. The quantitative estimate of drug-likeness (QED) is 0.647. The number of nitrogens with one attached hydrogen (secondary N) is 2. The van der Waals surface area contributed by atoms with Gasteiger partial charge in [0.25, 0.3) is 5.91 Å². The Morgan fingerprint density at radius 2 is 2.00 bits per heavy atom. The molecule has 2 atom stereocenters. The number of thiophene rings is 1. The van der Waals surface area contributed by atoms with Crippen molar-refractivity contribution in [3.8, 4) is 0 Å². The number of pyridine rings is 1. The van der Waals surface area contributed by atoms with E-state index in [1.807, 2.05) is 29.8 Å². The summed E-state index contributed by atoms with van der Waals surface area (Å²) in [5.41, 5.74) is 0.961. The van der Waals surface area contributed by atoms with Crippen molar-refractivity contribution in [1.82, 2.24) is 15.6 Å². The third kappa shape index (κ3) is 6.54. The van der Waals surface area contributed by atoms with Gasteiger partial charge in [0.05, 0.1) is 17.1 Å². The molecular weight excluding hydrogens is 388 g/mol. The highest BCUT2D eigenvalue weighted by Crippen LogP contribution is 2.18. The molecule has 29 heavy (non-hydrogen) atoms. The van der Waals surface area contributed by atoms with Gasteiger partial charge in [-0.05, 0) is 43.3 Å². The summed E-state index contributed by atoms with van der Waals surface area (Å²) >= 11 is 1.40. The highest BCUT2D eigenvalue weighted by atomic mass is 32.1. The predicted molar refractivity (Wildman–Crippen MR) is 114 cm³/mol. The molecule has 0 aromatic carbocycles. The number of aromatic nitrogens is 1. The molecule has 2 unspecified atom stereocenters. The second-order valence-electron chi connectivity index (χ2n) is 7.30. The Hall–Kier alpha value is -2.45. The van der Waals surface area contributed by atoms with E-state index in [-0.39, 0.29) is 24.0 Å². The summed E-state index contributed by atoms with van der Waals surface area (Å²) in [5.74, 6) is 0.814. The van der Waals surface area contributed by atoms with Crippen LogP contribution in [0.15, 0.2) is 35.8 Å². The second kappa shape index (κ2) is 10.4. The molecule has 0 aliphatic carbocycles. The van der Waals surface area contributed by atoms with Crippen LogP contribution in [0.1, 0.15) is 41.9 Å². The van der Waals surface area contributed by atoms with Crippen LogP contribution in [0.5, 0.6) is 0 Å². The molecule has 3 rings (SSSR count). The van der Waals surface area contributed by atoms with Crippen molar-refractivity contribution in [2.75, 3.05) is 24.5 Å². The summed E-state index contributed by atoms with van der Waals surface area (Å²) in [6, 6.07) is 7.61. The fourth-order valence-corrected chi connectivity index (χ4v) is 3.95. The van der Waals surface area contributed by atoms with Gasteiger partial charge in [0, 0.05) is 38.8 Å². The van der Waals surface area contributed by atoms with Gasteiger partial charge in [0.1, 0.15) is 5.82 Å². The molecule has 1 saturated heterocycles. The van der Waals surface area contributed by atoms with Gasteiger partial charge in [-0.25, -0.2) is 4.98 Å². The first-order valence-electron chi connectivity index (χ1n) is 9.95. The minimum absolute atomic E-state index is 0.0322. The van der Waals surface area contributed by atoms with Gasteiger partial charge in [-0.3, -0.25) is 9.59 Å². The summed E-state index contributed by atoms with van der Waals surface area (Å²) in [6.45, 7) is 6.73. The molecule has 0 radical (unpaired) electrons. The summed E-state index contributed by atoms with van der Waals surface area (Å²) in [5, 5.41) is 7.60. The van der Waals surface area contributed by atoms with Crippen LogP contribution in [0.25, 0.3) is 0 Å². The van der Waals surface area contributed by atoms with Crippen molar-refractivity contribution in [3.63, 3.8) is 0 Å². The predicted octanol–water partition coefficient (Wildman–Crippen LogP) is 2.58. The fourth-order valence-electron chi connectivity index (χ4n) is 3.31. The zero-order valence-electron chi connectivity index (χ0n) is 16.9. The number of carbonyl (C=O) groups is 2. The molecule has 156 valence electrons. The maximum Gasteiger partial charge on any atom is 0.261 e. The van der Waals surface area contributed by atoms with Gasteiger partial charge in [0.2, 0.25) is 5.91 Å². The van der Waals surface area contributed by atoms with Crippen molar-refractivity contribution < 1.29 is 14.3 Å². The normalized spacial score (nSPS) is 19.0. The van der Waals surface area contributed by atoms with Crippen LogP contribution in [-0.4, -0.2) is 48.6 Å². The van der Waals surface area contributed by atoms with Crippen LogP contribution < -0.4 is 15.5 Å². The number of hydrogen-bond acceptors (Lipinski definition) is 6. The van der Waals surface area contributed by atoms with E-state index in [2.05, 4.69) is 34.4 Å². The molecule has 2 aromatic heterocycles. The number of hydrogen-bond donors (Lipinski definition) is 2. The minimum atomic E-state index is -0.0874. The van der Waals surface area contributed by atoms with Gasteiger partial charge in [-0.1, -0.05) is 12.1 Å². The maximum absolute atomic E-state index is 12.0. The lowest BCUT2D eigenvalue weighted by Crippen LogP contribution is -2.45. The molecule has 0 saturated carbocycles. The molecule has 1 aliphatic rings. The molecule has 1 fully saturated rings. The first kappa shape index (κ1) is 21.3. The lowest BCUT2D eigenvalue weighted by atomic mass is 10.2. The average molecular weight is 417 g/mol. The van der Waals surface area contributed by atoms with Crippen molar-refractivity contribution in [3.05, 3.63) is 46.3 Å². The van der Waals surface area contributed by atoms with Crippen LogP contribution >= 0.6 is 11.3 Å². The molecule has 0 spiro atoms. The van der Waals surface area contributed by atoms with E-state index in [9.17, 15) is 9.59 Å². The van der Waals surface area contributed by atoms with Crippen molar-refractivity contribution in [1.29, 1.82) is 0 Å². The molecule has 1 aliphatic heterocycles. The molecule has 2 N–H and O–H groups in total. The molecule has 2 amide bonds. The number of carbonyl (C=O) groups excluding carboxylic acids is 2. The number of nitrogens with zero attached hydrogens (tertiary/aromatic N) is 2. The van der Waals surface area contributed by atoms with E-state index < -0.39 is 0 Å². The van der Waals surface area contributed by atoms with Crippen molar-refractivity contribution in [2.45, 2.75) is 45.4 Å². The topological polar surface area (TPSA) is 83.6 Å². The molecule has 7 nitrogen and oxygen atoms in total. The van der Waals surface area contributed by atoms with Gasteiger partial charge >= 0.3 is 0 Å². The van der Waals surface area contributed by atoms with E-state index in [0.29, 0.717) is 30.8 Å². The van der Waals surface area contributed by atoms with Gasteiger partial charge < -0.3 is 20.3 Å². The van der Waals surface area contributed by atoms with Gasteiger partial charge in [-0.2, -0.15) is 0 Å². The number of rotatable bonds is 8. The van der Waals surface area contributed by atoms with Gasteiger partial charge in [0.15, 0.2) is 0 Å². The van der Waals surface area contributed by atoms with Crippen molar-refractivity contribution in [2.24, 2.45) is 0 Å². The molecule has 0 bridgehead atoms. The zero-order chi connectivity index (χ0) is 20.6. The molecule has 2 aromatic rings. The third-order valence-electron chi connectivity index (χ3n) is 4.65. The SMILES string of the molecule is CC1CN(c2ccc(CNC(=O)CCCNC(=O)c3cccs3)cn2)CC(C)O1. The van der Waals surface area contributed by atoms with Crippen LogP contribution in [0.2, 0.25) is 0 Å². The Morgan fingerprint density at radius 1 is 1.21 bits per heavy atom. The summed E-state index contributed by atoms with van der Waals surface area (Å²) in [6.07, 6.45) is 3.17. The summed E-state index contributed by atoms with van der Waals surface area (Å²) in [7, 11) is 0. The first-order chi connectivity index (χ1) is 14.0. The lowest BCUT2D eigenvalue weighted by molar-refractivity contribution is -0.121. The van der Waals surface area contributed by atoms with E-state index in [1.54, 1.807) is 6.07 Å². The summed E-state index contributed by atoms with van der Waals surface area (Å²) < 4.78 is 5.76.